The molecule has 0 amide bonds. The number of para-hydroxylation sites is 1. The first-order valence-corrected chi connectivity index (χ1v) is 7.63. The highest BCUT2D eigenvalue weighted by atomic mass is 35.5. The summed E-state index contributed by atoms with van der Waals surface area (Å²) in [7, 11) is 1.99. The van der Waals surface area contributed by atoms with E-state index >= 15 is 0 Å². The van der Waals surface area contributed by atoms with Gasteiger partial charge in [-0.25, -0.2) is 0 Å². The highest BCUT2D eigenvalue weighted by Crippen LogP contribution is 2.32. The molecule has 3 rings (SSSR count). The number of benzene rings is 2. The SMILES string of the molecule is CNCCC(c1ccccc1)n1cc(Cl)c2ccccc21. The van der Waals surface area contributed by atoms with Crippen molar-refractivity contribution in [2.24, 2.45) is 0 Å². The van der Waals surface area contributed by atoms with Gasteiger partial charge in [0.05, 0.1) is 16.6 Å². The summed E-state index contributed by atoms with van der Waals surface area (Å²) in [5, 5.41) is 5.18. The Kier molecular flexibility index (Phi) is 4.28. The standard InChI is InChI=1S/C18H19ClN2/c1-20-12-11-17(14-7-3-2-4-8-14)21-13-16(19)15-9-5-6-10-18(15)21/h2-10,13,17,20H,11-12H2,1H3. The minimum absolute atomic E-state index is 0.288. The molecule has 0 bridgehead atoms. The summed E-state index contributed by atoms with van der Waals surface area (Å²) in [5.41, 5.74) is 2.50. The van der Waals surface area contributed by atoms with Gasteiger partial charge >= 0.3 is 0 Å². The molecule has 0 aliphatic carbocycles. The topological polar surface area (TPSA) is 17.0 Å². The lowest BCUT2D eigenvalue weighted by Crippen LogP contribution is -2.17. The third-order valence-electron chi connectivity index (χ3n) is 3.88. The molecule has 0 radical (unpaired) electrons. The third kappa shape index (κ3) is 2.82. The van der Waals surface area contributed by atoms with Gasteiger partial charge in [0, 0.05) is 11.6 Å². The zero-order chi connectivity index (χ0) is 14.7. The van der Waals surface area contributed by atoms with Crippen LogP contribution in [0.4, 0.5) is 0 Å². The molecule has 21 heavy (non-hydrogen) atoms. The molecule has 1 atom stereocenters. The monoisotopic (exact) mass is 298 g/mol. The Morgan fingerprint density at radius 2 is 1.76 bits per heavy atom. The Bertz CT molecular complexity index is 718. The maximum absolute atomic E-state index is 6.41. The number of hydrogen-bond acceptors (Lipinski definition) is 1. The predicted octanol–water partition coefficient (Wildman–Crippen LogP) is 4.49. The molecule has 0 fully saturated rings. The van der Waals surface area contributed by atoms with Crippen molar-refractivity contribution in [3.05, 3.63) is 71.4 Å². The van der Waals surface area contributed by atoms with Gasteiger partial charge in [-0.2, -0.15) is 0 Å². The predicted molar refractivity (Wildman–Crippen MR) is 90.1 cm³/mol. The molecule has 1 aromatic heterocycles. The minimum Gasteiger partial charge on any atom is -0.338 e. The van der Waals surface area contributed by atoms with E-state index in [0.29, 0.717) is 0 Å². The number of nitrogens with zero attached hydrogens (tertiary/aromatic N) is 1. The van der Waals surface area contributed by atoms with Crippen LogP contribution in [-0.4, -0.2) is 18.2 Å². The molecule has 0 saturated heterocycles. The fourth-order valence-electron chi connectivity index (χ4n) is 2.84. The van der Waals surface area contributed by atoms with E-state index in [9.17, 15) is 0 Å². The molecule has 2 aromatic carbocycles. The smallest absolute Gasteiger partial charge is 0.0661 e. The van der Waals surface area contributed by atoms with E-state index in [1.165, 1.54) is 11.1 Å². The van der Waals surface area contributed by atoms with Crippen LogP contribution in [0.5, 0.6) is 0 Å². The Morgan fingerprint density at radius 3 is 2.52 bits per heavy atom. The zero-order valence-electron chi connectivity index (χ0n) is 12.1. The second-order valence-corrected chi connectivity index (χ2v) is 5.63. The average Bonchev–Trinajstić information content (AvgIpc) is 2.87. The first-order chi connectivity index (χ1) is 10.3. The summed E-state index contributed by atoms with van der Waals surface area (Å²) in [6, 6.07) is 19.2. The number of hydrogen-bond donors (Lipinski definition) is 1. The quantitative estimate of drug-likeness (QED) is 0.734. The van der Waals surface area contributed by atoms with Gasteiger partial charge in [-0.3, -0.25) is 0 Å². The fourth-order valence-corrected chi connectivity index (χ4v) is 3.11. The second kappa shape index (κ2) is 6.33. The molecular weight excluding hydrogens is 280 g/mol. The third-order valence-corrected chi connectivity index (χ3v) is 4.18. The summed E-state index contributed by atoms with van der Waals surface area (Å²) in [6.45, 7) is 0.962. The van der Waals surface area contributed by atoms with Crippen LogP contribution in [0.3, 0.4) is 0 Å². The minimum atomic E-state index is 0.288. The normalized spacial score (nSPS) is 12.7. The first kappa shape index (κ1) is 14.2. The summed E-state index contributed by atoms with van der Waals surface area (Å²) in [4.78, 5) is 0. The van der Waals surface area contributed by atoms with Crippen molar-refractivity contribution in [3.8, 4) is 0 Å². The van der Waals surface area contributed by atoms with Crippen molar-refractivity contribution in [1.29, 1.82) is 0 Å². The maximum Gasteiger partial charge on any atom is 0.0661 e. The molecule has 0 aliphatic rings. The van der Waals surface area contributed by atoms with Gasteiger partial charge in [0.2, 0.25) is 0 Å². The van der Waals surface area contributed by atoms with Crippen LogP contribution in [0.1, 0.15) is 18.0 Å². The van der Waals surface area contributed by atoms with E-state index in [0.717, 1.165) is 23.4 Å². The van der Waals surface area contributed by atoms with E-state index in [-0.39, 0.29) is 6.04 Å². The number of fused-ring (bicyclic) bond motifs is 1. The lowest BCUT2D eigenvalue weighted by atomic mass is 10.0. The Labute approximate surface area is 130 Å². The van der Waals surface area contributed by atoms with Gasteiger partial charge < -0.3 is 9.88 Å². The van der Waals surface area contributed by atoms with Crippen molar-refractivity contribution in [3.63, 3.8) is 0 Å². The van der Waals surface area contributed by atoms with Crippen molar-refractivity contribution in [1.82, 2.24) is 9.88 Å². The summed E-state index contributed by atoms with van der Waals surface area (Å²) >= 11 is 6.41. The number of aromatic nitrogens is 1. The van der Waals surface area contributed by atoms with Crippen LogP contribution in [0.2, 0.25) is 5.02 Å². The molecule has 0 saturated carbocycles. The van der Waals surface area contributed by atoms with Crippen molar-refractivity contribution < 1.29 is 0 Å². The molecule has 1 heterocycles. The highest BCUT2D eigenvalue weighted by Gasteiger charge is 2.16. The van der Waals surface area contributed by atoms with Crippen LogP contribution in [-0.2, 0) is 0 Å². The Hall–Kier alpha value is -1.77. The van der Waals surface area contributed by atoms with E-state index in [2.05, 4.69) is 64.6 Å². The van der Waals surface area contributed by atoms with E-state index in [1.54, 1.807) is 0 Å². The van der Waals surface area contributed by atoms with Crippen molar-refractivity contribution in [2.75, 3.05) is 13.6 Å². The molecule has 2 nitrogen and oxygen atoms in total. The molecule has 1 N–H and O–H groups in total. The fraction of sp³-hybridized carbons (Fsp3) is 0.222. The Balaban J connectivity index is 2.10. The van der Waals surface area contributed by atoms with Gasteiger partial charge in [0.25, 0.3) is 0 Å². The summed E-state index contributed by atoms with van der Waals surface area (Å²) in [6.07, 6.45) is 3.08. The molecular formula is C18H19ClN2. The van der Waals surface area contributed by atoms with E-state index < -0.39 is 0 Å². The number of rotatable bonds is 5. The highest BCUT2D eigenvalue weighted by molar-refractivity contribution is 6.35. The molecule has 0 aliphatic heterocycles. The van der Waals surface area contributed by atoms with Crippen LogP contribution < -0.4 is 5.32 Å². The second-order valence-electron chi connectivity index (χ2n) is 5.22. The van der Waals surface area contributed by atoms with Crippen LogP contribution in [0, 0.1) is 0 Å². The lowest BCUT2D eigenvalue weighted by Gasteiger charge is -2.20. The van der Waals surface area contributed by atoms with Gasteiger partial charge in [-0.15, -0.1) is 0 Å². The van der Waals surface area contributed by atoms with Crippen LogP contribution in [0.15, 0.2) is 60.8 Å². The Morgan fingerprint density at radius 1 is 1.05 bits per heavy atom. The van der Waals surface area contributed by atoms with Gasteiger partial charge in [0.15, 0.2) is 0 Å². The molecule has 0 spiro atoms. The first-order valence-electron chi connectivity index (χ1n) is 7.26. The zero-order valence-corrected chi connectivity index (χ0v) is 12.8. The largest absolute Gasteiger partial charge is 0.338 e. The average molecular weight is 299 g/mol. The van der Waals surface area contributed by atoms with Crippen molar-refractivity contribution >= 4 is 22.5 Å². The summed E-state index contributed by atoms with van der Waals surface area (Å²) < 4.78 is 2.30. The maximum atomic E-state index is 6.41. The number of nitrogens with one attached hydrogen (secondary N) is 1. The lowest BCUT2D eigenvalue weighted by molar-refractivity contribution is 0.539. The van der Waals surface area contributed by atoms with E-state index in [1.807, 2.05) is 13.1 Å². The van der Waals surface area contributed by atoms with Crippen molar-refractivity contribution in [2.45, 2.75) is 12.5 Å². The van der Waals surface area contributed by atoms with Gasteiger partial charge in [-0.1, -0.05) is 60.1 Å². The summed E-state index contributed by atoms with van der Waals surface area (Å²) in [5.74, 6) is 0. The van der Waals surface area contributed by atoms with Gasteiger partial charge in [-0.05, 0) is 31.6 Å². The molecule has 3 heteroatoms. The van der Waals surface area contributed by atoms with Gasteiger partial charge in [0.1, 0.15) is 0 Å². The molecule has 3 aromatic rings. The van der Waals surface area contributed by atoms with Crippen LogP contribution in [0.25, 0.3) is 10.9 Å². The van der Waals surface area contributed by atoms with Crippen LogP contribution >= 0.6 is 11.6 Å². The van der Waals surface area contributed by atoms with E-state index in [4.69, 9.17) is 11.6 Å². The number of halogens is 1. The molecule has 1 unspecified atom stereocenters. The molecule has 108 valence electrons.